The number of carbonyl (C=O) groups excluding carboxylic acids is 3. The highest BCUT2D eigenvalue weighted by molar-refractivity contribution is 6.05. The Morgan fingerprint density at radius 1 is 1.23 bits per heavy atom. The first-order valence-corrected chi connectivity index (χ1v) is 9.17. The van der Waals surface area contributed by atoms with E-state index in [1.54, 1.807) is 4.90 Å². The summed E-state index contributed by atoms with van der Waals surface area (Å²) >= 11 is 0. The third-order valence-electron chi connectivity index (χ3n) is 5.74. The quantitative estimate of drug-likeness (QED) is 0.756. The van der Waals surface area contributed by atoms with Crippen LogP contribution >= 0.6 is 0 Å². The van der Waals surface area contributed by atoms with Crippen molar-refractivity contribution in [1.29, 1.82) is 0 Å². The summed E-state index contributed by atoms with van der Waals surface area (Å²) in [6.07, 6.45) is 0.663. The van der Waals surface area contributed by atoms with Gasteiger partial charge in [-0.3, -0.25) is 24.6 Å². The molecule has 3 aliphatic heterocycles. The number of imide groups is 1. The van der Waals surface area contributed by atoms with E-state index in [9.17, 15) is 14.4 Å². The van der Waals surface area contributed by atoms with Crippen molar-refractivity contribution in [3.63, 3.8) is 0 Å². The maximum absolute atomic E-state index is 12.8. The van der Waals surface area contributed by atoms with E-state index in [2.05, 4.69) is 23.2 Å². The summed E-state index contributed by atoms with van der Waals surface area (Å²) in [6.45, 7) is 5.20. The lowest BCUT2D eigenvalue weighted by molar-refractivity contribution is -0.136. The molecular formula is C19H24N4O3. The Morgan fingerprint density at radius 3 is 2.73 bits per heavy atom. The van der Waals surface area contributed by atoms with E-state index < -0.39 is 6.04 Å². The standard InChI is InChI=1S/C19H24N4O3/c1-11-7-22(10-15(11)20)8-12-2-3-13-9-23(19(26)14(13)6-12)16-4-5-17(24)21-18(16)25/h2-3,6,11,15-16H,4-5,7-10,20H2,1H3,(H,21,24,25)/t11-,15-,16?/m1/s1. The molecule has 3 amide bonds. The fourth-order valence-corrected chi connectivity index (χ4v) is 4.18. The highest BCUT2D eigenvalue weighted by Gasteiger charge is 2.39. The van der Waals surface area contributed by atoms with E-state index in [0.717, 1.165) is 30.8 Å². The summed E-state index contributed by atoms with van der Waals surface area (Å²) in [5.41, 5.74) is 8.79. The number of likely N-dealkylation sites (tertiary alicyclic amines) is 1. The molecule has 4 rings (SSSR count). The minimum absolute atomic E-state index is 0.122. The van der Waals surface area contributed by atoms with Crippen LogP contribution in [-0.2, 0) is 22.7 Å². The summed E-state index contributed by atoms with van der Waals surface area (Å²) in [6, 6.07) is 5.61. The molecule has 0 radical (unpaired) electrons. The molecule has 7 heteroatoms. The van der Waals surface area contributed by atoms with E-state index in [-0.39, 0.29) is 30.2 Å². The van der Waals surface area contributed by atoms with Crippen LogP contribution in [0.4, 0.5) is 0 Å². The number of fused-ring (bicyclic) bond motifs is 1. The highest BCUT2D eigenvalue weighted by atomic mass is 16.2. The number of nitrogens with zero attached hydrogens (tertiary/aromatic N) is 2. The molecule has 1 unspecified atom stereocenters. The van der Waals surface area contributed by atoms with E-state index in [1.165, 1.54) is 0 Å². The molecule has 3 aliphatic rings. The maximum Gasteiger partial charge on any atom is 0.255 e. The van der Waals surface area contributed by atoms with Crippen molar-refractivity contribution in [1.82, 2.24) is 15.1 Å². The molecule has 138 valence electrons. The third-order valence-corrected chi connectivity index (χ3v) is 5.74. The van der Waals surface area contributed by atoms with Gasteiger partial charge in [-0.1, -0.05) is 19.1 Å². The SMILES string of the molecule is C[C@@H]1CN(Cc2ccc3c(c2)C(=O)N(C2CCC(=O)NC2=O)C3)C[C@H]1N. The second kappa shape index (κ2) is 6.48. The van der Waals surface area contributed by atoms with Gasteiger partial charge >= 0.3 is 0 Å². The zero-order chi connectivity index (χ0) is 18.4. The maximum atomic E-state index is 12.8. The zero-order valence-electron chi connectivity index (χ0n) is 14.9. The Hall–Kier alpha value is -2.25. The second-order valence-electron chi connectivity index (χ2n) is 7.73. The van der Waals surface area contributed by atoms with E-state index in [4.69, 9.17) is 5.73 Å². The Kier molecular flexibility index (Phi) is 4.28. The molecular weight excluding hydrogens is 332 g/mol. The summed E-state index contributed by atoms with van der Waals surface area (Å²) in [4.78, 5) is 40.2. The van der Waals surface area contributed by atoms with Crippen molar-refractivity contribution in [2.24, 2.45) is 11.7 Å². The van der Waals surface area contributed by atoms with Gasteiger partial charge in [0.25, 0.3) is 5.91 Å². The zero-order valence-corrected chi connectivity index (χ0v) is 14.9. The molecule has 0 saturated carbocycles. The number of nitrogens with two attached hydrogens (primary N) is 1. The number of nitrogens with one attached hydrogen (secondary N) is 1. The third kappa shape index (κ3) is 3.01. The number of hydrogen-bond donors (Lipinski definition) is 2. The van der Waals surface area contributed by atoms with Crippen molar-refractivity contribution in [3.05, 3.63) is 34.9 Å². The van der Waals surface area contributed by atoms with Gasteiger partial charge in [0.15, 0.2) is 0 Å². The van der Waals surface area contributed by atoms with Crippen LogP contribution in [0.3, 0.4) is 0 Å². The fraction of sp³-hybridized carbons (Fsp3) is 0.526. The first-order valence-electron chi connectivity index (χ1n) is 9.17. The van der Waals surface area contributed by atoms with Gasteiger partial charge in [-0.05, 0) is 29.5 Å². The van der Waals surface area contributed by atoms with Crippen molar-refractivity contribution in [2.45, 2.75) is 44.9 Å². The van der Waals surface area contributed by atoms with Gasteiger partial charge < -0.3 is 10.6 Å². The van der Waals surface area contributed by atoms with Gasteiger partial charge in [0.2, 0.25) is 11.8 Å². The predicted octanol–water partition coefficient (Wildman–Crippen LogP) is 0.227. The van der Waals surface area contributed by atoms with Gasteiger partial charge in [-0.15, -0.1) is 0 Å². The topological polar surface area (TPSA) is 95.7 Å². The molecule has 7 nitrogen and oxygen atoms in total. The molecule has 0 bridgehead atoms. The van der Waals surface area contributed by atoms with Crippen molar-refractivity contribution in [2.75, 3.05) is 13.1 Å². The summed E-state index contributed by atoms with van der Waals surface area (Å²) in [5.74, 6) is -0.282. The van der Waals surface area contributed by atoms with Crippen molar-refractivity contribution >= 4 is 17.7 Å². The van der Waals surface area contributed by atoms with E-state index >= 15 is 0 Å². The molecule has 1 aromatic carbocycles. The van der Waals surface area contributed by atoms with Crippen LogP contribution in [0.2, 0.25) is 0 Å². The summed E-state index contributed by atoms with van der Waals surface area (Å²) in [7, 11) is 0. The van der Waals surface area contributed by atoms with Crippen LogP contribution in [0, 0.1) is 5.92 Å². The van der Waals surface area contributed by atoms with Crippen LogP contribution < -0.4 is 11.1 Å². The smallest absolute Gasteiger partial charge is 0.255 e. The molecule has 0 aromatic heterocycles. The minimum atomic E-state index is -0.562. The Bertz CT molecular complexity index is 768. The highest BCUT2D eigenvalue weighted by Crippen LogP contribution is 2.29. The average molecular weight is 356 g/mol. The van der Waals surface area contributed by atoms with Crippen LogP contribution in [-0.4, -0.2) is 52.7 Å². The van der Waals surface area contributed by atoms with Crippen molar-refractivity contribution in [3.8, 4) is 0 Å². The molecule has 3 atom stereocenters. The molecule has 2 saturated heterocycles. The van der Waals surface area contributed by atoms with Gasteiger partial charge in [0.1, 0.15) is 6.04 Å². The molecule has 0 spiro atoms. The molecule has 1 aromatic rings. The largest absolute Gasteiger partial charge is 0.326 e. The average Bonchev–Trinajstić information content (AvgIpc) is 3.07. The normalized spacial score (nSPS) is 29.2. The predicted molar refractivity (Wildman–Crippen MR) is 94.9 cm³/mol. The van der Waals surface area contributed by atoms with E-state index in [0.29, 0.717) is 24.4 Å². The number of hydrogen-bond acceptors (Lipinski definition) is 5. The first kappa shape index (κ1) is 17.2. The number of amides is 3. The van der Waals surface area contributed by atoms with Gasteiger partial charge in [-0.2, -0.15) is 0 Å². The van der Waals surface area contributed by atoms with E-state index in [1.807, 2.05) is 12.1 Å². The van der Waals surface area contributed by atoms with Gasteiger partial charge in [0, 0.05) is 44.2 Å². The Labute approximate surface area is 152 Å². The number of piperidine rings is 1. The van der Waals surface area contributed by atoms with Crippen molar-refractivity contribution < 1.29 is 14.4 Å². The molecule has 26 heavy (non-hydrogen) atoms. The summed E-state index contributed by atoms with van der Waals surface area (Å²) in [5, 5.41) is 2.33. The summed E-state index contributed by atoms with van der Waals surface area (Å²) < 4.78 is 0. The minimum Gasteiger partial charge on any atom is -0.326 e. The lowest BCUT2D eigenvalue weighted by Gasteiger charge is -2.29. The van der Waals surface area contributed by atoms with Crippen LogP contribution in [0.25, 0.3) is 0 Å². The van der Waals surface area contributed by atoms with Gasteiger partial charge in [-0.25, -0.2) is 0 Å². The lowest BCUT2D eigenvalue weighted by atomic mass is 10.0. The monoisotopic (exact) mass is 356 g/mol. The first-order chi connectivity index (χ1) is 12.4. The molecule has 3 N–H and O–H groups in total. The lowest BCUT2D eigenvalue weighted by Crippen LogP contribution is -2.52. The number of benzene rings is 1. The number of carbonyl (C=O) groups is 3. The van der Waals surface area contributed by atoms with Gasteiger partial charge in [0.05, 0.1) is 0 Å². The molecule has 0 aliphatic carbocycles. The molecule has 2 fully saturated rings. The van der Waals surface area contributed by atoms with Crippen LogP contribution in [0.15, 0.2) is 18.2 Å². The Balaban J connectivity index is 1.49. The fourth-order valence-electron chi connectivity index (χ4n) is 4.18. The number of rotatable bonds is 3. The second-order valence-corrected chi connectivity index (χ2v) is 7.73. The van der Waals surface area contributed by atoms with Crippen LogP contribution in [0.1, 0.15) is 41.3 Å². The molecule has 3 heterocycles. The van der Waals surface area contributed by atoms with Crippen LogP contribution in [0.5, 0.6) is 0 Å². The Morgan fingerprint density at radius 2 is 2.04 bits per heavy atom.